The molecule has 0 saturated heterocycles. The van der Waals surface area contributed by atoms with Crippen LogP contribution in [0, 0.1) is 0 Å². The van der Waals surface area contributed by atoms with E-state index in [1.807, 2.05) is 39.8 Å². The molecule has 0 radical (unpaired) electrons. The summed E-state index contributed by atoms with van der Waals surface area (Å²) in [4.78, 5) is 11.6. The average Bonchev–Trinajstić information content (AvgIpc) is 2.44. The standard InChI is InChI=1S/C20H37NO3/c1-7-8-16-23-18(3)15-13-11-9-10-12-14-17(2)21-19(22)24-20(4,5)6/h7,12,14,17-18H,1,8-11,13,15-16H2,2-6H3,(H,21,22)/b14-12-/t17-,18?/m1/s1. The molecule has 1 amide bonds. The van der Waals surface area contributed by atoms with Crippen LogP contribution in [0.3, 0.4) is 0 Å². The van der Waals surface area contributed by atoms with E-state index in [4.69, 9.17) is 9.47 Å². The zero-order valence-electron chi connectivity index (χ0n) is 16.3. The molecular formula is C20H37NO3. The molecule has 0 heterocycles. The molecule has 2 atom stereocenters. The predicted octanol–water partition coefficient (Wildman–Crippen LogP) is 5.39. The smallest absolute Gasteiger partial charge is 0.408 e. The van der Waals surface area contributed by atoms with Crippen LogP contribution in [-0.4, -0.2) is 30.4 Å². The highest BCUT2D eigenvalue weighted by molar-refractivity contribution is 5.68. The van der Waals surface area contributed by atoms with Gasteiger partial charge in [0.1, 0.15) is 5.60 Å². The van der Waals surface area contributed by atoms with Crippen molar-refractivity contribution < 1.29 is 14.3 Å². The van der Waals surface area contributed by atoms with Crippen LogP contribution < -0.4 is 5.32 Å². The van der Waals surface area contributed by atoms with Crippen molar-refractivity contribution in [1.29, 1.82) is 0 Å². The van der Waals surface area contributed by atoms with Crippen LogP contribution >= 0.6 is 0 Å². The Balaban J connectivity index is 3.64. The number of amides is 1. The second kappa shape index (κ2) is 13.1. The van der Waals surface area contributed by atoms with E-state index in [9.17, 15) is 4.79 Å². The molecule has 0 spiro atoms. The first-order valence-corrected chi connectivity index (χ1v) is 9.13. The monoisotopic (exact) mass is 339 g/mol. The lowest BCUT2D eigenvalue weighted by atomic mass is 10.1. The van der Waals surface area contributed by atoms with E-state index >= 15 is 0 Å². The summed E-state index contributed by atoms with van der Waals surface area (Å²) in [6.07, 6.45) is 12.6. The van der Waals surface area contributed by atoms with Crippen LogP contribution in [0.1, 0.15) is 73.1 Å². The minimum atomic E-state index is -0.458. The Morgan fingerprint density at radius 1 is 1.17 bits per heavy atom. The molecule has 0 rings (SSSR count). The zero-order chi connectivity index (χ0) is 18.4. The lowest BCUT2D eigenvalue weighted by Crippen LogP contribution is -2.36. The quantitative estimate of drug-likeness (QED) is 0.383. The number of rotatable bonds is 12. The van der Waals surface area contributed by atoms with E-state index < -0.39 is 5.60 Å². The van der Waals surface area contributed by atoms with E-state index in [0.717, 1.165) is 32.3 Å². The molecule has 0 aromatic carbocycles. The van der Waals surface area contributed by atoms with Gasteiger partial charge in [-0.15, -0.1) is 6.58 Å². The lowest BCUT2D eigenvalue weighted by molar-refractivity contribution is 0.0518. The first-order valence-electron chi connectivity index (χ1n) is 9.13. The van der Waals surface area contributed by atoms with Crippen LogP contribution in [0.25, 0.3) is 0 Å². The molecule has 0 aromatic rings. The summed E-state index contributed by atoms with van der Waals surface area (Å²) in [7, 11) is 0. The zero-order valence-corrected chi connectivity index (χ0v) is 16.3. The summed E-state index contributed by atoms with van der Waals surface area (Å²) in [5.74, 6) is 0. The van der Waals surface area contributed by atoms with Gasteiger partial charge in [0.15, 0.2) is 0 Å². The van der Waals surface area contributed by atoms with E-state index in [0.29, 0.717) is 6.10 Å². The highest BCUT2D eigenvalue weighted by atomic mass is 16.6. The van der Waals surface area contributed by atoms with Crippen molar-refractivity contribution in [2.45, 2.75) is 90.9 Å². The maximum Gasteiger partial charge on any atom is 0.408 e. The van der Waals surface area contributed by atoms with Gasteiger partial charge in [-0.1, -0.05) is 31.1 Å². The summed E-state index contributed by atoms with van der Waals surface area (Å²) in [5.41, 5.74) is -0.458. The summed E-state index contributed by atoms with van der Waals surface area (Å²) < 4.78 is 10.9. The number of unbranched alkanes of at least 4 members (excludes halogenated alkanes) is 3. The maximum absolute atomic E-state index is 11.6. The fraction of sp³-hybridized carbons (Fsp3) is 0.750. The second-order valence-corrected chi connectivity index (χ2v) is 7.26. The van der Waals surface area contributed by atoms with Gasteiger partial charge in [-0.05, 0) is 60.3 Å². The topological polar surface area (TPSA) is 47.6 Å². The molecule has 1 unspecified atom stereocenters. The number of hydrogen-bond donors (Lipinski definition) is 1. The number of allylic oxidation sites excluding steroid dienone is 1. The number of ether oxygens (including phenoxy) is 2. The van der Waals surface area contributed by atoms with Crippen molar-refractivity contribution >= 4 is 6.09 Å². The van der Waals surface area contributed by atoms with Crippen molar-refractivity contribution in [2.24, 2.45) is 0 Å². The van der Waals surface area contributed by atoms with Crippen LogP contribution in [0.5, 0.6) is 0 Å². The van der Waals surface area contributed by atoms with Crippen LogP contribution in [0.15, 0.2) is 24.8 Å². The van der Waals surface area contributed by atoms with Gasteiger partial charge in [0.2, 0.25) is 0 Å². The molecule has 0 aliphatic carbocycles. The van der Waals surface area contributed by atoms with Crippen LogP contribution in [0.2, 0.25) is 0 Å². The number of hydrogen-bond acceptors (Lipinski definition) is 3. The van der Waals surface area contributed by atoms with Gasteiger partial charge in [0, 0.05) is 6.04 Å². The Labute approximate surface area is 148 Å². The second-order valence-electron chi connectivity index (χ2n) is 7.26. The molecule has 0 aliphatic heterocycles. The first-order chi connectivity index (χ1) is 11.2. The SMILES string of the molecule is C=CCCOC(C)CCCCC/C=C\[C@@H](C)NC(=O)OC(C)(C)C. The van der Waals surface area contributed by atoms with Gasteiger partial charge >= 0.3 is 6.09 Å². The van der Waals surface area contributed by atoms with Gasteiger partial charge in [-0.3, -0.25) is 0 Å². The largest absolute Gasteiger partial charge is 0.444 e. The summed E-state index contributed by atoms with van der Waals surface area (Å²) >= 11 is 0. The van der Waals surface area contributed by atoms with Gasteiger partial charge in [0.25, 0.3) is 0 Å². The fourth-order valence-corrected chi connectivity index (χ4v) is 2.15. The van der Waals surface area contributed by atoms with Gasteiger partial charge in [-0.25, -0.2) is 4.79 Å². The molecular weight excluding hydrogens is 302 g/mol. The number of alkyl carbamates (subject to hydrolysis) is 1. The third-order valence-electron chi connectivity index (χ3n) is 3.37. The molecule has 0 saturated carbocycles. The number of nitrogens with one attached hydrogen (secondary N) is 1. The molecule has 0 bridgehead atoms. The van der Waals surface area contributed by atoms with Gasteiger partial charge in [0.05, 0.1) is 12.7 Å². The van der Waals surface area contributed by atoms with E-state index in [1.165, 1.54) is 12.8 Å². The number of carbonyl (C=O) groups excluding carboxylic acids is 1. The summed E-state index contributed by atoms with van der Waals surface area (Å²) in [6, 6.07) is -0.0156. The van der Waals surface area contributed by atoms with Crippen LogP contribution in [-0.2, 0) is 9.47 Å². The van der Waals surface area contributed by atoms with E-state index in [1.54, 1.807) is 0 Å². The predicted molar refractivity (Wildman–Crippen MR) is 101 cm³/mol. The number of carbonyl (C=O) groups is 1. The fourth-order valence-electron chi connectivity index (χ4n) is 2.15. The first kappa shape index (κ1) is 22.7. The Hall–Kier alpha value is -1.29. The Bertz CT molecular complexity index is 372. The van der Waals surface area contributed by atoms with Crippen molar-refractivity contribution in [3.63, 3.8) is 0 Å². The normalized spacial score (nSPS) is 14.4. The third kappa shape index (κ3) is 15.6. The molecule has 0 aliphatic rings. The average molecular weight is 340 g/mol. The highest BCUT2D eigenvalue weighted by Crippen LogP contribution is 2.09. The molecule has 24 heavy (non-hydrogen) atoms. The molecule has 0 fully saturated rings. The van der Waals surface area contributed by atoms with Gasteiger partial charge < -0.3 is 14.8 Å². The molecule has 4 heteroatoms. The Morgan fingerprint density at radius 2 is 1.88 bits per heavy atom. The van der Waals surface area contributed by atoms with Crippen LogP contribution in [0.4, 0.5) is 4.79 Å². The summed E-state index contributed by atoms with van der Waals surface area (Å²) in [6.45, 7) is 14.1. The third-order valence-corrected chi connectivity index (χ3v) is 3.37. The lowest BCUT2D eigenvalue weighted by Gasteiger charge is -2.20. The Morgan fingerprint density at radius 3 is 2.50 bits per heavy atom. The minimum Gasteiger partial charge on any atom is -0.444 e. The molecule has 0 aromatic heterocycles. The highest BCUT2D eigenvalue weighted by Gasteiger charge is 2.16. The van der Waals surface area contributed by atoms with Crippen molar-refractivity contribution in [2.75, 3.05) is 6.61 Å². The van der Waals surface area contributed by atoms with E-state index in [2.05, 4.69) is 24.9 Å². The summed E-state index contributed by atoms with van der Waals surface area (Å²) in [5, 5.41) is 2.81. The van der Waals surface area contributed by atoms with Crippen molar-refractivity contribution in [3.8, 4) is 0 Å². The Kier molecular flexibility index (Phi) is 12.4. The molecule has 4 nitrogen and oxygen atoms in total. The molecule has 1 N–H and O–H groups in total. The van der Waals surface area contributed by atoms with Gasteiger partial charge in [-0.2, -0.15) is 0 Å². The van der Waals surface area contributed by atoms with Crippen molar-refractivity contribution in [1.82, 2.24) is 5.32 Å². The van der Waals surface area contributed by atoms with Crippen molar-refractivity contribution in [3.05, 3.63) is 24.8 Å². The minimum absolute atomic E-state index is 0.0156. The molecule has 140 valence electrons. The van der Waals surface area contributed by atoms with E-state index in [-0.39, 0.29) is 12.1 Å². The maximum atomic E-state index is 11.6.